The van der Waals surface area contributed by atoms with Gasteiger partial charge in [0.25, 0.3) is 0 Å². The smallest absolute Gasteiger partial charge is 0.234 e. The third-order valence-electron chi connectivity index (χ3n) is 4.00. The van der Waals surface area contributed by atoms with Crippen LogP contribution < -0.4 is 14.8 Å². The average Bonchev–Trinajstić information content (AvgIpc) is 3.45. The van der Waals surface area contributed by atoms with Crippen LogP contribution in [0, 0.1) is 0 Å². The molecule has 1 aliphatic rings. The molecule has 0 atom stereocenters. The zero-order valence-electron chi connectivity index (χ0n) is 14.4. The number of hydrogen-bond acceptors (Lipinski definition) is 8. The van der Waals surface area contributed by atoms with Crippen molar-refractivity contribution in [3.8, 4) is 23.0 Å². The molecule has 0 unspecified atom stereocenters. The number of carbonyl (C=O) groups excluding carboxylic acids is 1. The van der Waals surface area contributed by atoms with Gasteiger partial charge in [0.05, 0.1) is 12.0 Å². The number of fused-ring (bicyclic) bond motifs is 2. The van der Waals surface area contributed by atoms with Crippen LogP contribution in [0.5, 0.6) is 11.5 Å². The average molecular weight is 395 g/mol. The first-order chi connectivity index (χ1) is 13.8. The largest absolute Gasteiger partial charge is 0.463 e. The van der Waals surface area contributed by atoms with E-state index >= 15 is 0 Å². The van der Waals surface area contributed by atoms with Crippen molar-refractivity contribution in [2.24, 2.45) is 0 Å². The molecular formula is C18H13N5O4S. The highest BCUT2D eigenvalue weighted by molar-refractivity contribution is 7.99. The molecule has 0 bridgehead atoms. The number of rotatable bonds is 5. The Labute approximate surface area is 162 Å². The second kappa shape index (κ2) is 6.89. The van der Waals surface area contributed by atoms with Gasteiger partial charge < -0.3 is 19.2 Å². The number of amides is 1. The summed E-state index contributed by atoms with van der Waals surface area (Å²) in [6, 6.07) is 12.5. The number of furan rings is 1. The van der Waals surface area contributed by atoms with Gasteiger partial charge in [0, 0.05) is 11.8 Å². The second-order valence-electron chi connectivity index (χ2n) is 5.85. The van der Waals surface area contributed by atoms with Gasteiger partial charge in [-0.1, -0.05) is 11.8 Å². The number of benzene rings is 1. The Hall–Kier alpha value is -3.53. The van der Waals surface area contributed by atoms with E-state index in [0.717, 1.165) is 0 Å². The predicted octanol–water partition coefficient (Wildman–Crippen LogP) is 2.84. The molecule has 10 heteroatoms. The highest BCUT2D eigenvalue weighted by Gasteiger charge is 2.15. The molecule has 28 heavy (non-hydrogen) atoms. The van der Waals surface area contributed by atoms with Gasteiger partial charge in [0.1, 0.15) is 5.69 Å². The van der Waals surface area contributed by atoms with Crippen molar-refractivity contribution >= 4 is 29.0 Å². The summed E-state index contributed by atoms with van der Waals surface area (Å²) in [5.41, 5.74) is 1.89. The lowest BCUT2D eigenvalue weighted by Crippen LogP contribution is -2.14. The Morgan fingerprint density at radius 3 is 2.96 bits per heavy atom. The van der Waals surface area contributed by atoms with E-state index in [1.165, 1.54) is 11.8 Å². The highest BCUT2D eigenvalue weighted by Crippen LogP contribution is 2.34. The molecule has 1 amide bonds. The van der Waals surface area contributed by atoms with E-state index in [1.54, 1.807) is 41.1 Å². The van der Waals surface area contributed by atoms with Crippen LogP contribution in [0.15, 0.2) is 58.3 Å². The maximum absolute atomic E-state index is 12.3. The standard InChI is InChI=1S/C18H13N5O4S/c24-17(19-11-3-5-14-15(8-11)27-10-26-14)9-28-18-21-20-16-6-4-12(22-23(16)18)13-2-1-7-25-13/h1-8H,9-10H2,(H,19,24). The minimum atomic E-state index is -0.178. The number of aromatic nitrogens is 4. The number of nitrogens with zero attached hydrogens (tertiary/aromatic N) is 4. The van der Waals surface area contributed by atoms with Crippen molar-refractivity contribution < 1.29 is 18.7 Å². The monoisotopic (exact) mass is 395 g/mol. The minimum Gasteiger partial charge on any atom is -0.463 e. The number of anilines is 1. The molecule has 0 saturated carbocycles. The van der Waals surface area contributed by atoms with Crippen LogP contribution in [0.1, 0.15) is 0 Å². The quantitative estimate of drug-likeness (QED) is 0.515. The van der Waals surface area contributed by atoms with E-state index in [1.807, 2.05) is 12.1 Å². The van der Waals surface area contributed by atoms with Crippen molar-refractivity contribution in [2.75, 3.05) is 17.9 Å². The molecule has 0 spiro atoms. The van der Waals surface area contributed by atoms with Gasteiger partial charge in [-0.05, 0) is 36.4 Å². The van der Waals surface area contributed by atoms with E-state index in [9.17, 15) is 4.79 Å². The SMILES string of the molecule is O=C(CSc1nnc2ccc(-c3ccco3)nn12)Nc1ccc2c(c1)OCO2. The van der Waals surface area contributed by atoms with Gasteiger partial charge in [-0.2, -0.15) is 9.61 Å². The molecule has 0 radical (unpaired) electrons. The number of ether oxygens (including phenoxy) is 2. The normalized spacial score (nSPS) is 12.4. The van der Waals surface area contributed by atoms with Crippen LogP contribution in [0.4, 0.5) is 5.69 Å². The topological polar surface area (TPSA) is 104 Å². The van der Waals surface area contributed by atoms with Crippen LogP contribution in [-0.4, -0.2) is 38.3 Å². The molecule has 1 aliphatic heterocycles. The van der Waals surface area contributed by atoms with Crippen molar-refractivity contribution in [3.63, 3.8) is 0 Å². The van der Waals surface area contributed by atoms with Crippen molar-refractivity contribution in [1.29, 1.82) is 0 Å². The molecule has 1 aromatic carbocycles. The maximum atomic E-state index is 12.3. The Kier molecular flexibility index (Phi) is 4.09. The fraction of sp³-hybridized carbons (Fsp3) is 0.111. The van der Waals surface area contributed by atoms with E-state index in [4.69, 9.17) is 13.9 Å². The van der Waals surface area contributed by atoms with E-state index < -0.39 is 0 Å². The van der Waals surface area contributed by atoms with Crippen molar-refractivity contribution in [3.05, 3.63) is 48.7 Å². The van der Waals surface area contributed by atoms with E-state index in [-0.39, 0.29) is 18.5 Å². The summed E-state index contributed by atoms with van der Waals surface area (Å²) >= 11 is 1.24. The molecule has 140 valence electrons. The molecule has 5 rings (SSSR count). The lowest BCUT2D eigenvalue weighted by molar-refractivity contribution is -0.113. The van der Waals surface area contributed by atoms with E-state index in [0.29, 0.717) is 39.4 Å². The van der Waals surface area contributed by atoms with Crippen molar-refractivity contribution in [1.82, 2.24) is 19.8 Å². The Morgan fingerprint density at radius 2 is 2.07 bits per heavy atom. The van der Waals surface area contributed by atoms with Crippen molar-refractivity contribution in [2.45, 2.75) is 5.16 Å². The van der Waals surface area contributed by atoms with Crippen LogP contribution in [0.3, 0.4) is 0 Å². The zero-order chi connectivity index (χ0) is 18.9. The fourth-order valence-electron chi connectivity index (χ4n) is 2.72. The Morgan fingerprint density at radius 1 is 1.14 bits per heavy atom. The van der Waals surface area contributed by atoms with Gasteiger partial charge in [0.2, 0.25) is 17.9 Å². The Balaban J connectivity index is 1.29. The lowest BCUT2D eigenvalue weighted by Gasteiger charge is -2.05. The molecule has 1 N–H and O–H groups in total. The first-order valence-electron chi connectivity index (χ1n) is 8.35. The van der Waals surface area contributed by atoms with Crippen LogP contribution >= 0.6 is 11.8 Å². The summed E-state index contributed by atoms with van der Waals surface area (Å²) in [5.74, 6) is 1.90. The fourth-order valence-corrected chi connectivity index (χ4v) is 3.40. The number of thioether (sulfide) groups is 1. The second-order valence-corrected chi connectivity index (χ2v) is 6.80. The van der Waals surface area contributed by atoms with Gasteiger partial charge in [-0.3, -0.25) is 4.79 Å². The van der Waals surface area contributed by atoms with Crippen LogP contribution in [-0.2, 0) is 4.79 Å². The summed E-state index contributed by atoms with van der Waals surface area (Å²) in [5, 5.41) is 16.0. The molecule has 4 aromatic rings. The van der Waals surface area contributed by atoms with Crippen LogP contribution in [0.25, 0.3) is 17.1 Å². The first-order valence-corrected chi connectivity index (χ1v) is 9.33. The molecule has 4 heterocycles. The summed E-state index contributed by atoms with van der Waals surface area (Å²) in [6.45, 7) is 0.190. The Bertz CT molecular complexity index is 1160. The lowest BCUT2D eigenvalue weighted by atomic mass is 10.3. The zero-order valence-corrected chi connectivity index (χ0v) is 15.2. The third kappa shape index (κ3) is 3.14. The van der Waals surface area contributed by atoms with Gasteiger partial charge >= 0.3 is 0 Å². The number of hydrogen-bond donors (Lipinski definition) is 1. The minimum absolute atomic E-state index is 0.155. The van der Waals surface area contributed by atoms with Gasteiger partial charge in [-0.25, -0.2) is 0 Å². The van der Waals surface area contributed by atoms with Gasteiger partial charge in [-0.15, -0.1) is 10.2 Å². The summed E-state index contributed by atoms with van der Waals surface area (Å²) in [6.07, 6.45) is 1.59. The molecule has 0 aliphatic carbocycles. The van der Waals surface area contributed by atoms with E-state index in [2.05, 4.69) is 20.6 Å². The predicted molar refractivity (Wildman–Crippen MR) is 100 cm³/mol. The molecular weight excluding hydrogens is 382 g/mol. The highest BCUT2D eigenvalue weighted by atomic mass is 32.2. The summed E-state index contributed by atoms with van der Waals surface area (Å²) in [4.78, 5) is 12.3. The summed E-state index contributed by atoms with van der Waals surface area (Å²) < 4.78 is 17.5. The number of nitrogens with one attached hydrogen (secondary N) is 1. The molecule has 0 fully saturated rings. The first kappa shape index (κ1) is 16.6. The van der Waals surface area contributed by atoms with Crippen LogP contribution in [0.2, 0.25) is 0 Å². The third-order valence-corrected chi connectivity index (χ3v) is 4.92. The molecule has 3 aromatic heterocycles. The maximum Gasteiger partial charge on any atom is 0.234 e. The number of carbonyl (C=O) groups is 1. The summed E-state index contributed by atoms with van der Waals surface area (Å²) in [7, 11) is 0. The molecule has 0 saturated heterocycles. The van der Waals surface area contributed by atoms with Gasteiger partial charge in [0.15, 0.2) is 22.9 Å². The molecule has 9 nitrogen and oxygen atoms in total.